The SMILES string of the molecule is Cc1ccc(CN2CC(F)(F)C[C@H]2Cn2cc(C(=O)N3CCCC3)nn2)s1. The second-order valence-electron chi connectivity index (χ2n) is 7.46. The van der Waals surface area contributed by atoms with Gasteiger partial charge >= 0.3 is 0 Å². The van der Waals surface area contributed by atoms with Crippen molar-refractivity contribution in [2.75, 3.05) is 19.6 Å². The second kappa shape index (κ2) is 7.27. The molecule has 0 spiro atoms. The van der Waals surface area contributed by atoms with E-state index in [1.54, 1.807) is 22.4 Å². The Morgan fingerprint density at radius 1 is 1.33 bits per heavy atom. The number of carbonyl (C=O) groups excluding carboxylic acids is 1. The van der Waals surface area contributed by atoms with E-state index in [4.69, 9.17) is 0 Å². The highest BCUT2D eigenvalue weighted by atomic mass is 32.1. The van der Waals surface area contributed by atoms with Crippen molar-refractivity contribution in [3.63, 3.8) is 0 Å². The van der Waals surface area contributed by atoms with Gasteiger partial charge in [0.1, 0.15) is 0 Å². The van der Waals surface area contributed by atoms with Crippen molar-refractivity contribution in [3.8, 4) is 0 Å². The molecule has 2 fully saturated rings. The molecule has 4 rings (SSSR count). The monoisotopic (exact) mass is 395 g/mol. The van der Waals surface area contributed by atoms with Gasteiger partial charge in [-0.3, -0.25) is 14.4 Å². The Bertz CT molecular complexity index is 814. The van der Waals surface area contributed by atoms with Crippen LogP contribution >= 0.6 is 11.3 Å². The fourth-order valence-corrected chi connectivity index (χ4v) is 4.80. The number of rotatable bonds is 5. The summed E-state index contributed by atoms with van der Waals surface area (Å²) < 4.78 is 29.6. The molecule has 0 bridgehead atoms. The number of aryl methyl sites for hydroxylation is 1. The molecule has 146 valence electrons. The molecule has 2 aliphatic heterocycles. The third-order valence-electron chi connectivity index (χ3n) is 5.19. The highest BCUT2D eigenvalue weighted by Gasteiger charge is 2.45. The van der Waals surface area contributed by atoms with Crippen molar-refractivity contribution in [3.05, 3.63) is 33.8 Å². The number of alkyl halides is 2. The molecule has 2 aromatic rings. The van der Waals surface area contributed by atoms with Crippen LogP contribution in [0.15, 0.2) is 18.3 Å². The lowest BCUT2D eigenvalue weighted by atomic mass is 10.2. The fraction of sp³-hybridized carbons (Fsp3) is 0.611. The van der Waals surface area contributed by atoms with Crippen molar-refractivity contribution in [2.24, 2.45) is 0 Å². The molecule has 0 radical (unpaired) electrons. The Morgan fingerprint density at radius 2 is 2.11 bits per heavy atom. The standard InChI is InChI=1S/C18H23F2N5OS/c1-13-4-5-15(27-13)10-24-12-18(19,20)8-14(24)9-25-11-16(21-22-25)17(26)23-6-2-3-7-23/h4-5,11,14H,2-3,6-10,12H2,1H3/t14-/m0/s1. The van der Waals surface area contributed by atoms with Crippen LogP contribution in [0.1, 0.15) is 39.5 Å². The van der Waals surface area contributed by atoms with Crippen LogP contribution in [0.4, 0.5) is 8.78 Å². The van der Waals surface area contributed by atoms with E-state index in [1.807, 2.05) is 24.0 Å². The first kappa shape index (κ1) is 18.5. The number of nitrogens with zero attached hydrogens (tertiary/aromatic N) is 5. The van der Waals surface area contributed by atoms with E-state index in [0.717, 1.165) is 30.8 Å². The van der Waals surface area contributed by atoms with Crippen LogP contribution in [0.25, 0.3) is 0 Å². The molecular formula is C18H23F2N5OS. The number of hydrogen-bond acceptors (Lipinski definition) is 5. The normalized spacial score (nSPS) is 22.6. The topological polar surface area (TPSA) is 54.3 Å². The summed E-state index contributed by atoms with van der Waals surface area (Å²) in [5.41, 5.74) is 0.294. The number of likely N-dealkylation sites (tertiary alicyclic amines) is 2. The molecule has 1 atom stereocenters. The first-order valence-corrected chi connectivity index (χ1v) is 10.1. The predicted molar refractivity (Wildman–Crippen MR) is 98.0 cm³/mol. The van der Waals surface area contributed by atoms with E-state index in [0.29, 0.717) is 18.8 Å². The maximum Gasteiger partial charge on any atom is 0.276 e. The van der Waals surface area contributed by atoms with Crippen LogP contribution in [0, 0.1) is 6.92 Å². The zero-order valence-electron chi connectivity index (χ0n) is 15.3. The van der Waals surface area contributed by atoms with Gasteiger partial charge in [0, 0.05) is 41.9 Å². The van der Waals surface area contributed by atoms with Crippen molar-refractivity contribution in [1.82, 2.24) is 24.8 Å². The summed E-state index contributed by atoms with van der Waals surface area (Å²) in [6.07, 6.45) is 3.40. The Kier molecular flexibility index (Phi) is 4.98. The smallest absolute Gasteiger partial charge is 0.276 e. The number of thiophene rings is 1. The summed E-state index contributed by atoms with van der Waals surface area (Å²) >= 11 is 1.63. The van der Waals surface area contributed by atoms with Gasteiger partial charge in [0.05, 0.1) is 19.3 Å². The van der Waals surface area contributed by atoms with Crippen molar-refractivity contribution < 1.29 is 13.6 Å². The first-order valence-electron chi connectivity index (χ1n) is 9.26. The summed E-state index contributed by atoms with van der Waals surface area (Å²) in [6.45, 7) is 4.07. The largest absolute Gasteiger partial charge is 0.337 e. The van der Waals surface area contributed by atoms with Gasteiger partial charge in [-0.05, 0) is 31.9 Å². The number of aromatic nitrogens is 3. The fourth-order valence-electron chi connectivity index (χ4n) is 3.88. The average Bonchev–Trinajstić information content (AvgIpc) is 3.37. The van der Waals surface area contributed by atoms with Gasteiger partial charge in [-0.2, -0.15) is 0 Å². The van der Waals surface area contributed by atoms with Gasteiger partial charge in [-0.1, -0.05) is 5.21 Å². The minimum atomic E-state index is -2.70. The van der Waals surface area contributed by atoms with Gasteiger partial charge in [0.25, 0.3) is 11.8 Å². The van der Waals surface area contributed by atoms with Crippen LogP contribution in [0.2, 0.25) is 0 Å². The maximum absolute atomic E-state index is 14.0. The number of amides is 1. The van der Waals surface area contributed by atoms with Crippen LogP contribution < -0.4 is 0 Å². The number of halogens is 2. The average molecular weight is 395 g/mol. The Labute approximate surface area is 160 Å². The van der Waals surface area contributed by atoms with Crippen LogP contribution in [-0.2, 0) is 13.1 Å². The zero-order valence-corrected chi connectivity index (χ0v) is 16.1. The van der Waals surface area contributed by atoms with Crippen LogP contribution in [0.3, 0.4) is 0 Å². The molecule has 0 aliphatic carbocycles. The Hall–Kier alpha value is -1.87. The van der Waals surface area contributed by atoms with E-state index in [2.05, 4.69) is 10.3 Å². The van der Waals surface area contributed by atoms with Crippen LogP contribution in [-0.4, -0.2) is 62.3 Å². The van der Waals surface area contributed by atoms with Gasteiger partial charge in [-0.15, -0.1) is 16.4 Å². The van der Waals surface area contributed by atoms with Crippen molar-refractivity contribution in [1.29, 1.82) is 0 Å². The quantitative estimate of drug-likeness (QED) is 0.781. The molecule has 9 heteroatoms. The molecule has 2 saturated heterocycles. The van der Waals surface area contributed by atoms with E-state index in [9.17, 15) is 13.6 Å². The molecule has 6 nitrogen and oxygen atoms in total. The van der Waals surface area contributed by atoms with Crippen molar-refractivity contribution in [2.45, 2.75) is 51.2 Å². The van der Waals surface area contributed by atoms with Gasteiger partial charge in [-0.25, -0.2) is 8.78 Å². The number of carbonyl (C=O) groups is 1. The summed E-state index contributed by atoms with van der Waals surface area (Å²) in [5, 5.41) is 7.98. The maximum atomic E-state index is 14.0. The van der Waals surface area contributed by atoms with Gasteiger partial charge in [0.15, 0.2) is 5.69 Å². The van der Waals surface area contributed by atoms with E-state index in [1.165, 1.54) is 9.56 Å². The minimum Gasteiger partial charge on any atom is -0.337 e. The van der Waals surface area contributed by atoms with E-state index in [-0.39, 0.29) is 24.9 Å². The lowest BCUT2D eigenvalue weighted by Gasteiger charge is -2.22. The van der Waals surface area contributed by atoms with E-state index >= 15 is 0 Å². The molecule has 2 aromatic heterocycles. The lowest BCUT2D eigenvalue weighted by molar-refractivity contribution is 0.0113. The molecule has 1 amide bonds. The van der Waals surface area contributed by atoms with Gasteiger partial charge < -0.3 is 4.90 Å². The second-order valence-corrected chi connectivity index (χ2v) is 8.83. The summed E-state index contributed by atoms with van der Waals surface area (Å²) in [5.74, 6) is -2.83. The summed E-state index contributed by atoms with van der Waals surface area (Å²) in [6, 6.07) is 3.67. The number of hydrogen-bond donors (Lipinski definition) is 0. The molecular weight excluding hydrogens is 372 g/mol. The summed E-state index contributed by atoms with van der Waals surface area (Å²) in [4.78, 5) is 18.2. The molecule has 27 heavy (non-hydrogen) atoms. The molecule has 0 unspecified atom stereocenters. The first-order chi connectivity index (χ1) is 12.9. The van der Waals surface area contributed by atoms with Gasteiger partial charge in [0.2, 0.25) is 0 Å². The minimum absolute atomic E-state index is 0.124. The molecule has 0 saturated carbocycles. The zero-order chi connectivity index (χ0) is 19.0. The highest BCUT2D eigenvalue weighted by molar-refractivity contribution is 7.11. The predicted octanol–water partition coefficient (Wildman–Crippen LogP) is 2.79. The molecule has 0 aromatic carbocycles. The van der Waals surface area contributed by atoms with Crippen LogP contribution in [0.5, 0.6) is 0 Å². The molecule has 2 aliphatic rings. The Morgan fingerprint density at radius 3 is 2.81 bits per heavy atom. The summed E-state index contributed by atoms with van der Waals surface area (Å²) in [7, 11) is 0. The highest BCUT2D eigenvalue weighted by Crippen LogP contribution is 2.34. The Balaban J connectivity index is 1.44. The van der Waals surface area contributed by atoms with Crippen molar-refractivity contribution >= 4 is 17.2 Å². The third kappa shape index (κ3) is 4.19. The molecule has 0 N–H and O–H groups in total. The lowest BCUT2D eigenvalue weighted by Crippen LogP contribution is -2.33. The molecule has 4 heterocycles. The van der Waals surface area contributed by atoms with E-state index < -0.39 is 5.92 Å². The third-order valence-corrected chi connectivity index (χ3v) is 6.17.